The van der Waals surface area contributed by atoms with Gasteiger partial charge in [-0.25, -0.2) is 9.18 Å². The first-order chi connectivity index (χ1) is 14.6. The van der Waals surface area contributed by atoms with Crippen molar-refractivity contribution in [1.82, 2.24) is 10.2 Å². The second-order valence-electron chi connectivity index (χ2n) is 8.14. The van der Waals surface area contributed by atoms with Gasteiger partial charge in [-0.05, 0) is 41.7 Å². The fourth-order valence-electron chi connectivity index (χ4n) is 4.86. The molecule has 2 amide bonds. The standard InChI is InChI=1S/C24H26FN3O2/c25-17-8-6-7-16(13-17)19-11-4-5-12-20(19)23-21(14-26)28(22(23)15-29)24(30)27-18-9-2-1-3-10-18/h4-8,11-13,18,21-23,29H,1-3,9-10,15H2,(H,27,30)/t21-,22+,23+/m1/s1. The largest absolute Gasteiger partial charge is 0.394 e. The molecule has 1 saturated heterocycles. The van der Waals surface area contributed by atoms with Gasteiger partial charge in [0.25, 0.3) is 0 Å². The highest BCUT2D eigenvalue weighted by atomic mass is 19.1. The van der Waals surface area contributed by atoms with Crippen LogP contribution in [0.4, 0.5) is 9.18 Å². The molecule has 0 radical (unpaired) electrons. The van der Waals surface area contributed by atoms with Gasteiger partial charge in [0.2, 0.25) is 0 Å². The Hall–Kier alpha value is -2.91. The monoisotopic (exact) mass is 407 g/mol. The van der Waals surface area contributed by atoms with E-state index in [1.807, 2.05) is 30.3 Å². The molecule has 1 heterocycles. The van der Waals surface area contributed by atoms with Crippen LogP contribution in [0, 0.1) is 17.1 Å². The number of halogens is 1. The molecule has 1 aliphatic carbocycles. The number of carbonyl (C=O) groups is 1. The van der Waals surface area contributed by atoms with Crippen LogP contribution >= 0.6 is 0 Å². The van der Waals surface area contributed by atoms with Crippen molar-refractivity contribution in [2.45, 2.75) is 56.1 Å². The Morgan fingerprint density at radius 3 is 2.63 bits per heavy atom. The van der Waals surface area contributed by atoms with E-state index in [2.05, 4.69) is 11.4 Å². The second kappa shape index (κ2) is 8.85. The molecule has 2 N–H and O–H groups in total. The van der Waals surface area contributed by atoms with Crippen molar-refractivity contribution in [3.05, 3.63) is 59.9 Å². The third kappa shape index (κ3) is 3.78. The van der Waals surface area contributed by atoms with Crippen LogP contribution < -0.4 is 5.32 Å². The molecule has 2 aromatic carbocycles. The third-order valence-electron chi connectivity index (χ3n) is 6.35. The van der Waals surface area contributed by atoms with Crippen LogP contribution in [0.2, 0.25) is 0 Å². The zero-order valence-electron chi connectivity index (χ0n) is 16.8. The molecule has 3 atom stereocenters. The fourth-order valence-corrected chi connectivity index (χ4v) is 4.86. The van der Waals surface area contributed by atoms with Crippen LogP contribution in [0.3, 0.4) is 0 Å². The summed E-state index contributed by atoms with van der Waals surface area (Å²) in [6, 6.07) is 14.8. The maximum absolute atomic E-state index is 13.8. The first kappa shape index (κ1) is 20.4. The maximum atomic E-state index is 13.8. The van der Waals surface area contributed by atoms with Crippen LogP contribution in [-0.2, 0) is 0 Å². The van der Waals surface area contributed by atoms with Gasteiger partial charge >= 0.3 is 6.03 Å². The Kier molecular flexibility index (Phi) is 6.01. The molecule has 2 aromatic rings. The quantitative estimate of drug-likeness (QED) is 0.798. The first-order valence-electron chi connectivity index (χ1n) is 10.6. The Balaban J connectivity index is 1.61. The van der Waals surface area contributed by atoms with Crippen LogP contribution in [-0.4, -0.2) is 40.8 Å². The summed E-state index contributed by atoms with van der Waals surface area (Å²) in [5.41, 5.74) is 2.37. The first-order valence-corrected chi connectivity index (χ1v) is 10.6. The highest BCUT2D eigenvalue weighted by Gasteiger charge is 2.52. The van der Waals surface area contributed by atoms with Crippen molar-refractivity contribution in [3.8, 4) is 17.2 Å². The number of nitrogens with zero attached hydrogens (tertiary/aromatic N) is 2. The number of likely N-dealkylation sites (tertiary alicyclic amines) is 1. The molecule has 1 aliphatic heterocycles. The lowest BCUT2D eigenvalue weighted by atomic mass is 9.73. The van der Waals surface area contributed by atoms with E-state index < -0.39 is 12.1 Å². The van der Waals surface area contributed by atoms with Gasteiger partial charge in [-0.3, -0.25) is 0 Å². The zero-order valence-corrected chi connectivity index (χ0v) is 16.8. The number of benzene rings is 2. The van der Waals surface area contributed by atoms with Gasteiger partial charge < -0.3 is 15.3 Å². The predicted molar refractivity (Wildman–Crippen MR) is 112 cm³/mol. The summed E-state index contributed by atoms with van der Waals surface area (Å²) >= 11 is 0. The lowest BCUT2D eigenvalue weighted by Gasteiger charge is -2.52. The van der Waals surface area contributed by atoms with Crippen molar-refractivity contribution in [3.63, 3.8) is 0 Å². The van der Waals surface area contributed by atoms with E-state index in [4.69, 9.17) is 0 Å². The predicted octanol–water partition coefficient (Wildman–Crippen LogP) is 4.19. The summed E-state index contributed by atoms with van der Waals surface area (Å²) in [4.78, 5) is 14.4. The Morgan fingerprint density at radius 2 is 1.93 bits per heavy atom. The Labute approximate surface area is 176 Å². The smallest absolute Gasteiger partial charge is 0.319 e. The normalized spacial score (nSPS) is 24.0. The minimum absolute atomic E-state index is 0.128. The summed E-state index contributed by atoms with van der Waals surface area (Å²) in [6.07, 6.45) is 5.29. The summed E-state index contributed by atoms with van der Waals surface area (Å²) < 4.78 is 13.8. The maximum Gasteiger partial charge on any atom is 0.319 e. The molecule has 6 heteroatoms. The molecule has 5 nitrogen and oxygen atoms in total. The van der Waals surface area contributed by atoms with E-state index in [1.54, 1.807) is 6.07 Å². The van der Waals surface area contributed by atoms with Crippen LogP contribution in [0.5, 0.6) is 0 Å². The molecular weight excluding hydrogens is 381 g/mol. The van der Waals surface area contributed by atoms with Crippen molar-refractivity contribution in [2.75, 3.05) is 6.61 Å². The number of carbonyl (C=O) groups excluding carboxylic acids is 1. The average Bonchev–Trinajstić information content (AvgIpc) is 2.75. The molecule has 30 heavy (non-hydrogen) atoms. The lowest BCUT2D eigenvalue weighted by Crippen LogP contribution is -2.68. The zero-order chi connectivity index (χ0) is 21.1. The SMILES string of the molecule is N#C[C@@H]1[C@H](c2ccccc2-c2cccc(F)c2)[C@H](CO)N1C(=O)NC1CCCCC1. The minimum atomic E-state index is -0.680. The molecule has 2 fully saturated rings. The molecule has 156 valence electrons. The molecule has 0 spiro atoms. The molecule has 2 aliphatic rings. The number of nitrogens with one attached hydrogen (secondary N) is 1. The summed E-state index contributed by atoms with van der Waals surface area (Å²) in [5, 5.41) is 23.0. The van der Waals surface area contributed by atoms with E-state index in [0.717, 1.165) is 36.8 Å². The average molecular weight is 407 g/mol. The lowest BCUT2D eigenvalue weighted by molar-refractivity contribution is 0.0155. The van der Waals surface area contributed by atoms with Gasteiger partial charge in [0.05, 0.1) is 18.7 Å². The van der Waals surface area contributed by atoms with E-state index in [-0.39, 0.29) is 30.4 Å². The fraction of sp³-hybridized carbons (Fsp3) is 0.417. The van der Waals surface area contributed by atoms with Gasteiger partial charge in [0.1, 0.15) is 11.9 Å². The van der Waals surface area contributed by atoms with Gasteiger partial charge in [0.15, 0.2) is 0 Å². The number of urea groups is 1. The van der Waals surface area contributed by atoms with Crippen LogP contribution in [0.15, 0.2) is 48.5 Å². The van der Waals surface area contributed by atoms with E-state index in [0.29, 0.717) is 5.56 Å². The van der Waals surface area contributed by atoms with Crippen LogP contribution in [0.25, 0.3) is 11.1 Å². The van der Waals surface area contributed by atoms with Gasteiger partial charge in [-0.15, -0.1) is 0 Å². The summed E-state index contributed by atoms with van der Waals surface area (Å²) in [6.45, 7) is -0.238. The van der Waals surface area contributed by atoms with Gasteiger partial charge in [0, 0.05) is 12.0 Å². The minimum Gasteiger partial charge on any atom is -0.394 e. The number of nitriles is 1. The Morgan fingerprint density at radius 1 is 1.17 bits per heavy atom. The molecule has 0 aromatic heterocycles. The molecule has 4 rings (SSSR count). The molecule has 0 bridgehead atoms. The van der Waals surface area contributed by atoms with Gasteiger partial charge in [-0.1, -0.05) is 55.7 Å². The molecular formula is C24H26FN3O2. The van der Waals surface area contributed by atoms with Crippen LogP contribution in [0.1, 0.15) is 43.6 Å². The van der Waals surface area contributed by atoms with E-state index in [1.165, 1.54) is 23.5 Å². The number of rotatable bonds is 4. The number of aliphatic hydroxyl groups excluding tert-OH is 1. The highest BCUT2D eigenvalue weighted by molar-refractivity contribution is 5.79. The van der Waals surface area contributed by atoms with Gasteiger partial charge in [-0.2, -0.15) is 5.26 Å². The van der Waals surface area contributed by atoms with Crippen molar-refractivity contribution >= 4 is 6.03 Å². The van der Waals surface area contributed by atoms with Crippen molar-refractivity contribution in [2.24, 2.45) is 0 Å². The Bertz CT molecular complexity index is 951. The summed E-state index contributed by atoms with van der Waals surface area (Å²) in [7, 11) is 0. The highest BCUT2D eigenvalue weighted by Crippen LogP contribution is 2.44. The second-order valence-corrected chi connectivity index (χ2v) is 8.14. The number of aliphatic hydroxyl groups is 1. The van der Waals surface area contributed by atoms with Crippen molar-refractivity contribution in [1.29, 1.82) is 5.26 Å². The number of hydrogen-bond donors (Lipinski definition) is 2. The van der Waals surface area contributed by atoms with E-state index >= 15 is 0 Å². The topological polar surface area (TPSA) is 76.4 Å². The number of amides is 2. The molecule has 1 saturated carbocycles. The summed E-state index contributed by atoms with van der Waals surface area (Å²) in [5.74, 6) is -0.670. The number of hydrogen-bond acceptors (Lipinski definition) is 3. The molecule has 0 unspecified atom stereocenters. The third-order valence-corrected chi connectivity index (χ3v) is 6.35. The van der Waals surface area contributed by atoms with Crippen molar-refractivity contribution < 1.29 is 14.3 Å². The van der Waals surface area contributed by atoms with E-state index in [9.17, 15) is 19.6 Å².